The highest BCUT2D eigenvalue weighted by atomic mass is 16.6. The molecule has 9 rings (SSSR count). The number of methoxy groups -OCH3 is 2. The molecule has 3 aliphatic rings. The first kappa shape index (κ1) is 63.9. The summed E-state index contributed by atoms with van der Waals surface area (Å²) in [5.41, 5.74) is 3.13. The number of carbonyl (C=O) groups is 10. The summed E-state index contributed by atoms with van der Waals surface area (Å²) in [6.45, 7) is 24.7. The molecular weight excluding hydrogens is 1130 g/mol. The van der Waals surface area contributed by atoms with E-state index in [1.54, 1.807) is 108 Å². The number of carbonyl (C=O) groups excluding carboxylic acids is 10. The summed E-state index contributed by atoms with van der Waals surface area (Å²) in [7, 11) is 2.97. The summed E-state index contributed by atoms with van der Waals surface area (Å²) in [5.74, 6) is -2.24. The van der Waals surface area contributed by atoms with Gasteiger partial charge in [-0.15, -0.1) is 0 Å². The molecule has 22 nitrogen and oxygen atoms in total. The van der Waals surface area contributed by atoms with Gasteiger partial charge in [0.15, 0.2) is 0 Å². The predicted molar refractivity (Wildman–Crippen MR) is 318 cm³/mol. The number of rotatable bonds is 22. The molecule has 87 heavy (non-hydrogen) atoms. The third-order valence-electron chi connectivity index (χ3n) is 13.6. The quantitative estimate of drug-likeness (QED) is 0.0153. The van der Waals surface area contributed by atoms with Crippen molar-refractivity contribution in [1.82, 2.24) is 14.7 Å². The number of nitrogens with zero attached hydrogens (tertiary/aromatic N) is 3. The Labute approximate surface area is 500 Å². The Hall–Kier alpha value is -10.6. The second kappa shape index (κ2) is 27.8. The van der Waals surface area contributed by atoms with Gasteiger partial charge in [-0.2, -0.15) is 0 Å². The zero-order chi connectivity index (χ0) is 63.6. The van der Waals surface area contributed by atoms with Crippen molar-refractivity contribution in [2.45, 2.75) is 41.5 Å². The minimum atomic E-state index is -0.638. The number of hydrogen-bond acceptors (Lipinski definition) is 19. The first-order valence-corrected chi connectivity index (χ1v) is 27.3. The van der Waals surface area contributed by atoms with E-state index in [0.29, 0.717) is 100 Å². The maximum atomic E-state index is 13.0. The largest absolute Gasteiger partial charge is 0.496 e. The third kappa shape index (κ3) is 13.0. The highest BCUT2D eigenvalue weighted by Gasteiger charge is 2.37. The summed E-state index contributed by atoms with van der Waals surface area (Å²) in [6.07, 6.45) is 1.04. The van der Waals surface area contributed by atoms with Crippen molar-refractivity contribution in [3.63, 3.8) is 0 Å². The average Bonchev–Trinajstić information content (AvgIpc) is 0.790. The molecule has 0 unspecified atom stereocenters. The van der Waals surface area contributed by atoms with Crippen LogP contribution in [0.5, 0.6) is 34.5 Å². The highest BCUT2D eigenvalue weighted by molar-refractivity contribution is 6.29. The van der Waals surface area contributed by atoms with E-state index in [2.05, 4.69) is 26.3 Å². The fourth-order valence-corrected chi connectivity index (χ4v) is 9.54. The molecular formula is C65H63N3O19. The van der Waals surface area contributed by atoms with Gasteiger partial charge in [-0.25, -0.2) is 19.2 Å². The Kier molecular flexibility index (Phi) is 20.5. The summed E-state index contributed by atoms with van der Waals surface area (Å²) >= 11 is 0. The van der Waals surface area contributed by atoms with E-state index in [1.807, 2.05) is 0 Å². The monoisotopic (exact) mass is 1190 g/mol. The lowest BCUT2D eigenvalue weighted by molar-refractivity contribution is -0.140. The maximum Gasteiger partial charge on any atom is 0.335 e. The molecule has 452 valence electrons. The normalized spacial score (nSPS) is 12.8. The number of imide groups is 3. The first-order valence-electron chi connectivity index (χ1n) is 27.3. The molecule has 0 N–H and O–H groups in total. The molecule has 0 bridgehead atoms. The van der Waals surface area contributed by atoms with Crippen LogP contribution in [0.25, 0.3) is 32.3 Å². The van der Waals surface area contributed by atoms with Gasteiger partial charge in [0.1, 0.15) is 74.1 Å². The zero-order valence-electron chi connectivity index (χ0n) is 49.3. The van der Waals surface area contributed by atoms with E-state index >= 15 is 0 Å². The molecule has 3 heterocycles. The minimum Gasteiger partial charge on any atom is -0.496 e. The van der Waals surface area contributed by atoms with E-state index in [1.165, 1.54) is 35.0 Å². The average molecular weight is 1190 g/mol. The second-order valence-corrected chi connectivity index (χ2v) is 19.3. The molecule has 0 fully saturated rings. The molecule has 6 aromatic rings. The van der Waals surface area contributed by atoms with Gasteiger partial charge in [0, 0.05) is 92.0 Å². The molecule has 0 saturated carbocycles. The molecule has 0 aliphatic carbocycles. The van der Waals surface area contributed by atoms with E-state index in [4.69, 9.17) is 42.6 Å². The van der Waals surface area contributed by atoms with Gasteiger partial charge in [0.05, 0.1) is 30.4 Å². The SMILES string of the molecule is C=C(C)C(=O)OCCOc1ccc2c3c(ccc(OC)c13)C(=O)N(CC)C2=O.C=C(C)C(=O)OCCOc1ccc2c3c(ccc(OCCOC(=O)C(=C)C)c13)C(=O)N(CC)C2=O.C=CC(=O)Oc1ccc2c3c(ccc(OC)c13)C(=O)N(CC)C2=O. The summed E-state index contributed by atoms with van der Waals surface area (Å²) < 4.78 is 48.6. The zero-order valence-corrected chi connectivity index (χ0v) is 49.3. The summed E-state index contributed by atoms with van der Waals surface area (Å²) in [5, 5.41) is 2.74. The van der Waals surface area contributed by atoms with Gasteiger partial charge >= 0.3 is 23.9 Å². The number of benzene rings is 6. The van der Waals surface area contributed by atoms with Gasteiger partial charge in [-0.3, -0.25) is 43.5 Å². The van der Waals surface area contributed by atoms with Crippen molar-refractivity contribution in [3.05, 3.63) is 155 Å². The van der Waals surface area contributed by atoms with Crippen LogP contribution in [0.2, 0.25) is 0 Å². The Morgan fingerprint density at radius 2 is 0.621 bits per heavy atom. The van der Waals surface area contributed by atoms with Crippen LogP contribution in [0.3, 0.4) is 0 Å². The van der Waals surface area contributed by atoms with Crippen LogP contribution in [0.1, 0.15) is 104 Å². The van der Waals surface area contributed by atoms with Crippen molar-refractivity contribution in [1.29, 1.82) is 0 Å². The van der Waals surface area contributed by atoms with E-state index in [-0.39, 0.29) is 99.8 Å². The fraction of sp³-hybridized carbons (Fsp3) is 0.262. The van der Waals surface area contributed by atoms with Crippen molar-refractivity contribution >= 4 is 91.6 Å². The van der Waals surface area contributed by atoms with Crippen molar-refractivity contribution in [3.8, 4) is 34.5 Å². The van der Waals surface area contributed by atoms with Crippen LogP contribution in [-0.2, 0) is 33.4 Å². The number of ether oxygens (including phenoxy) is 9. The van der Waals surface area contributed by atoms with Gasteiger partial charge in [-0.1, -0.05) is 26.3 Å². The van der Waals surface area contributed by atoms with E-state index < -0.39 is 35.7 Å². The van der Waals surface area contributed by atoms with Crippen molar-refractivity contribution in [2.75, 3.05) is 73.5 Å². The summed E-state index contributed by atoms with van der Waals surface area (Å²) in [4.78, 5) is 126. The van der Waals surface area contributed by atoms with Gasteiger partial charge in [-0.05, 0) is 114 Å². The Morgan fingerprint density at radius 3 is 0.862 bits per heavy atom. The Morgan fingerprint density at radius 1 is 0.379 bits per heavy atom. The van der Waals surface area contributed by atoms with Gasteiger partial charge < -0.3 is 42.6 Å². The molecule has 22 heteroatoms. The van der Waals surface area contributed by atoms with E-state index in [0.717, 1.165) is 6.08 Å². The van der Waals surface area contributed by atoms with Crippen LogP contribution in [0.4, 0.5) is 0 Å². The van der Waals surface area contributed by atoms with E-state index in [9.17, 15) is 47.9 Å². The molecule has 3 aliphatic heterocycles. The van der Waals surface area contributed by atoms with Crippen molar-refractivity contribution in [2.24, 2.45) is 0 Å². The topological polar surface area (TPSA) is 263 Å². The van der Waals surface area contributed by atoms with Crippen LogP contribution in [0, 0.1) is 0 Å². The molecule has 0 radical (unpaired) electrons. The molecule has 0 spiro atoms. The Balaban J connectivity index is 0.000000190. The van der Waals surface area contributed by atoms with Crippen LogP contribution >= 0.6 is 0 Å². The predicted octanol–water partition coefficient (Wildman–Crippen LogP) is 8.97. The van der Waals surface area contributed by atoms with Crippen LogP contribution < -0.4 is 28.4 Å². The maximum absolute atomic E-state index is 13.0. The standard InChI is InChI=1S/C26H27NO8.C21H21NO6.C18H15NO5/c1-6-27-23(28)17-7-9-19(32-11-13-34-25(30)15(2)3)22-20(10-8-18(21(17)22)24(27)29)33-12-14-35-26(31)16(4)5;1-5-22-19(23)13-6-8-15(26-4)18-16(9-7-14(17(13)18)20(22)24)27-10-11-28-21(25)12(2)3;1-4-14(20)24-13-9-7-11-15-10(6-8-12(23-3)16(13)15)17(21)19(5-2)18(11)22/h7-10H,2,4,6,11-14H2,1,3,5H3;6-9H,2,5,10-11H2,1,3-4H3;4,6-9H,1,5H2,2-3H3. The molecule has 6 amide bonds. The lowest BCUT2D eigenvalue weighted by Gasteiger charge is -2.27. The van der Waals surface area contributed by atoms with Crippen molar-refractivity contribution < 1.29 is 90.6 Å². The molecule has 6 aromatic carbocycles. The number of esters is 4. The molecule has 0 aromatic heterocycles. The second-order valence-electron chi connectivity index (χ2n) is 19.3. The minimum absolute atomic E-state index is 0.0241. The van der Waals surface area contributed by atoms with Crippen LogP contribution in [0.15, 0.2) is 122 Å². The lowest BCUT2D eigenvalue weighted by Crippen LogP contribution is -2.40. The molecule has 0 atom stereocenters. The Bertz CT molecular complexity index is 3780. The first-order chi connectivity index (χ1) is 41.6. The van der Waals surface area contributed by atoms with Gasteiger partial charge in [0.25, 0.3) is 35.4 Å². The number of amides is 6. The lowest BCUT2D eigenvalue weighted by atomic mass is 9.93. The fourth-order valence-electron chi connectivity index (χ4n) is 9.54. The van der Waals surface area contributed by atoms with Gasteiger partial charge in [0.2, 0.25) is 0 Å². The summed E-state index contributed by atoms with van der Waals surface area (Å²) in [6, 6.07) is 19.3. The molecule has 0 saturated heterocycles. The smallest absolute Gasteiger partial charge is 0.335 e. The third-order valence-corrected chi connectivity index (χ3v) is 13.6. The van der Waals surface area contributed by atoms with Crippen LogP contribution in [-0.4, -0.2) is 148 Å². The highest BCUT2D eigenvalue weighted by Crippen LogP contribution is 2.44. The number of hydrogen-bond donors (Lipinski definition) is 0.